The van der Waals surface area contributed by atoms with Crippen LogP contribution in [0.4, 0.5) is 11.4 Å². The predicted molar refractivity (Wildman–Crippen MR) is 104 cm³/mol. The quantitative estimate of drug-likeness (QED) is 0.606. The second kappa shape index (κ2) is 9.18. The van der Waals surface area contributed by atoms with Crippen LogP contribution in [-0.2, 0) is 0 Å². The first-order valence-corrected chi connectivity index (χ1v) is 9.32. The van der Waals surface area contributed by atoms with Gasteiger partial charge in [-0.05, 0) is 17.5 Å². The molecule has 0 fully saturated rings. The van der Waals surface area contributed by atoms with Gasteiger partial charge in [0.05, 0.1) is 18.0 Å². The van der Waals surface area contributed by atoms with Gasteiger partial charge in [-0.25, -0.2) is 0 Å². The van der Waals surface area contributed by atoms with Crippen LogP contribution in [0.3, 0.4) is 0 Å². The molecule has 1 aliphatic rings. The smallest absolute Gasteiger partial charge is 0.545 e. The van der Waals surface area contributed by atoms with Crippen LogP contribution in [0.15, 0.2) is 42.5 Å². The molecular formula is C22H24KN2O4-. The average molecular weight is 420 g/mol. The van der Waals surface area contributed by atoms with Gasteiger partial charge >= 0.3 is 51.4 Å². The third-order valence-electron chi connectivity index (χ3n) is 5.59. The molecule has 2 N–H and O–H groups in total. The number of carboxylic acids is 2. The zero-order chi connectivity index (χ0) is 20.6. The summed E-state index contributed by atoms with van der Waals surface area (Å²) in [6, 6.07) is 11.3. The molecule has 0 aromatic heterocycles. The standard InChI is InChI=1S/C22H26N2O4.K/c1-12(2)18-22(3,4)19(23-16-11-6-5-8-13(16)20(25)26)14-9-7-10-15(21(27)28)17(14)24-18;/h5-12,18-19,23-24H,1-4H3,(H,25,26)(H,27,28);/q;+1/p-2. The van der Waals surface area contributed by atoms with Crippen LogP contribution in [0.2, 0.25) is 0 Å². The molecule has 0 amide bonds. The zero-order valence-electron chi connectivity index (χ0n) is 17.4. The molecular weight excluding hydrogens is 395 g/mol. The first kappa shape index (κ1) is 23.9. The van der Waals surface area contributed by atoms with Gasteiger partial charge in [-0.2, -0.15) is 0 Å². The van der Waals surface area contributed by atoms with E-state index in [0.29, 0.717) is 11.4 Å². The van der Waals surface area contributed by atoms with Gasteiger partial charge < -0.3 is 30.4 Å². The molecule has 0 saturated carbocycles. The Morgan fingerprint density at radius 1 is 1.00 bits per heavy atom. The second-order valence-corrected chi connectivity index (χ2v) is 8.16. The van der Waals surface area contributed by atoms with Gasteiger partial charge in [0.2, 0.25) is 0 Å². The Hall–Kier alpha value is -1.38. The van der Waals surface area contributed by atoms with E-state index >= 15 is 0 Å². The van der Waals surface area contributed by atoms with E-state index in [1.54, 1.807) is 24.3 Å². The van der Waals surface area contributed by atoms with E-state index in [-0.39, 0.29) is 85.9 Å². The van der Waals surface area contributed by atoms with E-state index < -0.39 is 11.9 Å². The van der Waals surface area contributed by atoms with E-state index in [1.165, 1.54) is 12.1 Å². The van der Waals surface area contributed by atoms with Crippen molar-refractivity contribution in [3.63, 3.8) is 0 Å². The summed E-state index contributed by atoms with van der Waals surface area (Å²) in [7, 11) is 0. The molecule has 1 heterocycles. The normalized spacial score (nSPS) is 19.5. The summed E-state index contributed by atoms with van der Waals surface area (Å²) in [5, 5.41) is 30.0. The molecule has 1 aliphatic heterocycles. The molecule has 29 heavy (non-hydrogen) atoms. The van der Waals surface area contributed by atoms with Crippen LogP contribution in [0.1, 0.15) is 60.0 Å². The minimum absolute atomic E-state index is 0. The maximum absolute atomic E-state index is 11.7. The summed E-state index contributed by atoms with van der Waals surface area (Å²) < 4.78 is 0. The van der Waals surface area contributed by atoms with E-state index in [4.69, 9.17) is 0 Å². The number of benzene rings is 2. The summed E-state index contributed by atoms with van der Waals surface area (Å²) in [5.41, 5.74) is 1.52. The van der Waals surface area contributed by atoms with E-state index in [1.807, 2.05) is 6.07 Å². The number of carbonyl (C=O) groups excluding carboxylic acids is 2. The van der Waals surface area contributed by atoms with Crippen molar-refractivity contribution in [1.82, 2.24) is 0 Å². The first-order chi connectivity index (χ1) is 13.1. The monoisotopic (exact) mass is 419 g/mol. The summed E-state index contributed by atoms with van der Waals surface area (Å²) in [4.78, 5) is 23.2. The molecule has 0 bridgehead atoms. The summed E-state index contributed by atoms with van der Waals surface area (Å²) in [6.45, 7) is 8.30. The topological polar surface area (TPSA) is 104 Å². The number of carbonyl (C=O) groups is 2. The van der Waals surface area contributed by atoms with Crippen LogP contribution in [0.5, 0.6) is 0 Å². The Bertz CT molecular complexity index is 927. The fraction of sp³-hybridized carbons (Fsp3) is 0.364. The van der Waals surface area contributed by atoms with Gasteiger partial charge in [0.1, 0.15) is 0 Å². The van der Waals surface area contributed by atoms with Crippen molar-refractivity contribution in [1.29, 1.82) is 0 Å². The van der Waals surface area contributed by atoms with Gasteiger partial charge in [-0.15, -0.1) is 0 Å². The third-order valence-corrected chi connectivity index (χ3v) is 5.59. The summed E-state index contributed by atoms with van der Waals surface area (Å²) in [5.74, 6) is -2.31. The van der Waals surface area contributed by atoms with Crippen molar-refractivity contribution >= 4 is 23.3 Å². The number of hydrogen-bond donors (Lipinski definition) is 2. The number of fused-ring (bicyclic) bond motifs is 1. The number of aromatic carboxylic acids is 2. The molecule has 2 atom stereocenters. The van der Waals surface area contributed by atoms with Crippen molar-refractivity contribution in [3.8, 4) is 0 Å². The minimum atomic E-state index is -1.26. The van der Waals surface area contributed by atoms with Gasteiger partial charge in [0, 0.05) is 34.0 Å². The number of para-hydroxylation sites is 2. The summed E-state index contributed by atoms with van der Waals surface area (Å²) >= 11 is 0. The second-order valence-electron chi connectivity index (χ2n) is 8.16. The van der Waals surface area contributed by atoms with Gasteiger partial charge in [-0.3, -0.25) is 0 Å². The first-order valence-electron chi connectivity index (χ1n) is 9.32. The maximum Gasteiger partial charge on any atom is 1.00 e. The Morgan fingerprint density at radius 3 is 2.17 bits per heavy atom. The van der Waals surface area contributed by atoms with Crippen molar-refractivity contribution < 1.29 is 71.2 Å². The molecule has 0 saturated heterocycles. The number of anilines is 2. The van der Waals surface area contributed by atoms with Crippen molar-refractivity contribution in [2.45, 2.75) is 39.8 Å². The molecule has 0 aliphatic carbocycles. The van der Waals surface area contributed by atoms with Crippen molar-refractivity contribution in [2.24, 2.45) is 11.3 Å². The largest absolute Gasteiger partial charge is 1.00 e. The molecule has 148 valence electrons. The van der Waals surface area contributed by atoms with E-state index in [9.17, 15) is 19.8 Å². The summed E-state index contributed by atoms with van der Waals surface area (Å²) in [6.07, 6.45) is 0. The van der Waals surface area contributed by atoms with Gasteiger partial charge in [0.25, 0.3) is 0 Å². The van der Waals surface area contributed by atoms with Crippen LogP contribution in [-0.4, -0.2) is 18.0 Å². The minimum Gasteiger partial charge on any atom is -0.545 e. The van der Waals surface area contributed by atoms with Crippen LogP contribution in [0.25, 0.3) is 0 Å². The van der Waals surface area contributed by atoms with Gasteiger partial charge in [-0.1, -0.05) is 64.1 Å². The van der Waals surface area contributed by atoms with Crippen molar-refractivity contribution in [2.75, 3.05) is 10.6 Å². The Kier molecular flexibility index (Phi) is 7.56. The molecule has 2 unspecified atom stereocenters. The number of carboxylic acid groups (broad SMARTS) is 2. The number of nitrogens with one attached hydrogen (secondary N) is 2. The van der Waals surface area contributed by atoms with Crippen LogP contribution in [0, 0.1) is 11.3 Å². The van der Waals surface area contributed by atoms with Crippen molar-refractivity contribution in [3.05, 3.63) is 59.2 Å². The number of hydrogen-bond acceptors (Lipinski definition) is 6. The maximum atomic E-state index is 11.7. The Labute approximate surface area is 213 Å². The average Bonchev–Trinajstić information content (AvgIpc) is 2.62. The number of rotatable bonds is 5. The van der Waals surface area contributed by atoms with Crippen LogP contribution < -0.4 is 72.2 Å². The zero-order valence-corrected chi connectivity index (χ0v) is 20.5. The van der Waals surface area contributed by atoms with E-state index in [2.05, 4.69) is 38.3 Å². The molecule has 6 nitrogen and oxygen atoms in total. The van der Waals surface area contributed by atoms with E-state index in [0.717, 1.165) is 5.56 Å². The fourth-order valence-electron chi connectivity index (χ4n) is 4.30. The van der Waals surface area contributed by atoms with Crippen LogP contribution >= 0.6 is 0 Å². The molecule has 3 rings (SSSR count). The molecule has 2 aromatic carbocycles. The molecule has 7 heteroatoms. The Morgan fingerprint density at radius 2 is 1.59 bits per heavy atom. The van der Waals surface area contributed by atoms with Gasteiger partial charge in [0.15, 0.2) is 0 Å². The predicted octanol–water partition coefficient (Wildman–Crippen LogP) is -0.953. The molecule has 0 radical (unpaired) electrons. The molecule has 2 aromatic rings. The molecule has 0 spiro atoms. The third kappa shape index (κ3) is 4.54. The fourth-order valence-corrected chi connectivity index (χ4v) is 4.30. The SMILES string of the molecule is CC(C)C1Nc2c(C(=O)[O-])cccc2C(Nc2ccccc2C(=O)[O-])C1(C)C.[K+]. The Balaban J connectivity index is 0.00000300.